The summed E-state index contributed by atoms with van der Waals surface area (Å²) < 4.78 is 5.27. The van der Waals surface area contributed by atoms with Crippen molar-refractivity contribution in [3.63, 3.8) is 0 Å². The molecule has 2 unspecified atom stereocenters. The molecule has 0 bridgehead atoms. The summed E-state index contributed by atoms with van der Waals surface area (Å²) in [5.41, 5.74) is 2.57. The quantitative estimate of drug-likeness (QED) is 0.852. The van der Waals surface area contributed by atoms with Crippen molar-refractivity contribution in [2.45, 2.75) is 31.5 Å². The highest BCUT2D eigenvalue weighted by atomic mass is 35.5. The minimum Gasteiger partial charge on any atom is -0.379 e. The first-order valence-electron chi connectivity index (χ1n) is 6.51. The first kappa shape index (κ1) is 14.3. The molecular formula is C14H19ClN2O2. The van der Waals surface area contributed by atoms with Gasteiger partial charge in [-0.05, 0) is 24.0 Å². The zero-order valence-corrected chi connectivity index (χ0v) is 11.5. The van der Waals surface area contributed by atoms with E-state index in [2.05, 4.69) is 22.8 Å². The van der Waals surface area contributed by atoms with Gasteiger partial charge in [-0.15, -0.1) is 12.4 Å². The van der Waals surface area contributed by atoms with E-state index in [0.717, 1.165) is 26.0 Å². The molecule has 2 atom stereocenters. The monoisotopic (exact) mass is 282 g/mol. The molecule has 0 aromatic heterocycles. The first-order chi connectivity index (χ1) is 8.83. The lowest BCUT2D eigenvalue weighted by atomic mass is 9.95. The molecule has 3 rings (SSSR count). The highest BCUT2D eigenvalue weighted by Crippen LogP contribution is 2.16. The molecule has 1 aromatic carbocycles. The Balaban J connectivity index is 0.00000133. The highest BCUT2D eigenvalue weighted by molar-refractivity contribution is 5.85. The van der Waals surface area contributed by atoms with Gasteiger partial charge >= 0.3 is 0 Å². The van der Waals surface area contributed by atoms with Gasteiger partial charge in [0.05, 0.1) is 18.7 Å². The van der Waals surface area contributed by atoms with Crippen LogP contribution in [0.2, 0.25) is 0 Å². The SMILES string of the molecule is Cl.O=C(NC1CCOC1)C1Cc2ccccc2CN1. The molecule has 2 aliphatic rings. The van der Waals surface area contributed by atoms with Crippen molar-refractivity contribution in [2.75, 3.05) is 13.2 Å². The lowest BCUT2D eigenvalue weighted by Gasteiger charge is -2.26. The van der Waals surface area contributed by atoms with Crippen molar-refractivity contribution in [2.24, 2.45) is 0 Å². The van der Waals surface area contributed by atoms with Crippen molar-refractivity contribution in [1.82, 2.24) is 10.6 Å². The van der Waals surface area contributed by atoms with Crippen molar-refractivity contribution >= 4 is 18.3 Å². The summed E-state index contributed by atoms with van der Waals surface area (Å²) in [7, 11) is 0. The molecule has 2 N–H and O–H groups in total. The number of ether oxygens (including phenoxy) is 1. The fraction of sp³-hybridized carbons (Fsp3) is 0.500. The van der Waals surface area contributed by atoms with E-state index in [1.54, 1.807) is 0 Å². The number of hydrogen-bond donors (Lipinski definition) is 2. The van der Waals surface area contributed by atoms with E-state index < -0.39 is 0 Å². The topological polar surface area (TPSA) is 50.4 Å². The van der Waals surface area contributed by atoms with Crippen molar-refractivity contribution in [3.8, 4) is 0 Å². The second kappa shape index (κ2) is 6.37. The zero-order valence-electron chi connectivity index (χ0n) is 10.7. The van der Waals surface area contributed by atoms with Gasteiger partial charge in [-0.1, -0.05) is 24.3 Å². The van der Waals surface area contributed by atoms with E-state index in [9.17, 15) is 4.79 Å². The summed E-state index contributed by atoms with van der Waals surface area (Å²) in [6, 6.07) is 8.37. The van der Waals surface area contributed by atoms with E-state index in [0.29, 0.717) is 6.61 Å². The Morgan fingerprint density at radius 1 is 1.32 bits per heavy atom. The van der Waals surface area contributed by atoms with Crippen LogP contribution in [-0.4, -0.2) is 31.2 Å². The summed E-state index contributed by atoms with van der Waals surface area (Å²) in [5, 5.41) is 6.35. The van der Waals surface area contributed by atoms with Gasteiger partial charge in [-0.2, -0.15) is 0 Å². The van der Waals surface area contributed by atoms with Crippen LogP contribution in [0.3, 0.4) is 0 Å². The van der Waals surface area contributed by atoms with Gasteiger partial charge in [-0.25, -0.2) is 0 Å². The summed E-state index contributed by atoms with van der Waals surface area (Å²) in [6.45, 7) is 2.18. The predicted molar refractivity (Wildman–Crippen MR) is 75.4 cm³/mol. The number of fused-ring (bicyclic) bond motifs is 1. The maximum atomic E-state index is 12.1. The van der Waals surface area contributed by atoms with Gasteiger partial charge in [0.25, 0.3) is 0 Å². The van der Waals surface area contributed by atoms with Gasteiger partial charge in [0.2, 0.25) is 5.91 Å². The van der Waals surface area contributed by atoms with Crippen LogP contribution in [0, 0.1) is 0 Å². The molecule has 104 valence electrons. The maximum absolute atomic E-state index is 12.1. The van der Waals surface area contributed by atoms with Gasteiger partial charge in [-0.3, -0.25) is 4.79 Å². The third-order valence-corrected chi connectivity index (χ3v) is 3.67. The van der Waals surface area contributed by atoms with E-state index in [4.69, 9.17) is 4.74 Å². The van der Waals surface area contributed by atoms with Crippen molar-refractivity contribution < 1.29 is 9.53 Å². The Kier molecular flexibility index (Phi) is 4.80. The number of hydrogen-bond acceptors (Lipinski definition) is 3. The molecule has 0 saturated carbocycles. The van der Waals surface area contributed by atoms with Crippen LogP contribution in [0.15, 0.2) is 24.3 Å². The number of halogens is 1. The lowest BCUT2D eigenvalue weighted by molar-refractivity contribution is -0.124. The van der Waals surface area contributed by atoms with Gasteiger partial charge in [0.15, 0.2) is 0 Å². The van der Waals surface area contributed by atoms with E-state index in [1.807, 2.05) is 12.1 Å². The minimum absolute atomic E-state index is 0. The molecule has 5 heteroatoms. The summed E-state index contributed by atoms with van der Waals surface area (Å²) in [5.74, 6) is 0.0972. The number of carbonyl (C=O) groups excluding carboxylic acids is 1. The highest BCUT2D eigenvalue weighted by Gasteiger charge is 2.26. The Bertz CT molecular complexity index is 447. The normalized spacial score (nSPS) is 25.3. The van der Waals surface area contributed by atoms with Gasteiger partial charge in [0, 0.05) is 13.2 Å². The van der Waals surface area contributed by atoms with Gasteiger partial charge in [0.1, 0.15) is 0 Å². The Hall–Kier alpha value is -1.10. The second-order valence-corrected chi connectivity index (χ2v) is 4.98. The molecule has 2 heterocycles. The maximum Gasteiger partial charge on any atom is 0.237 e. The third-order valence-electron chi connectivity index (χ3n) is 3.67. The minimum atomic E-state index is -0.111. The van der Waals surface area contributed by atoms with E-state index in [-0.39, 0.29) is 30.4 Å². The summed E-state index contributed by atoms with van der Waals surface area (Å²) in [4.78, 5) is 12.1. The number of benzene rings is 1. The Morgan fingerprint density at radius 3 is 2.84 bits per heavy atom. The summed E-state index contributed by atoms with van der Waals surface area (Å²) in [6.07, 6.45) is 1.70. The van der Waals surface area contributed by atoms with Crippen LogP contribution < -0.4 is 10.6 Å². The van der Waals surface area contributed by atoms with Crippen LogP contribution >= 0.6 is 12.4 Å². The van der Waals surface area contributed by atoms with Gasteiger partial charge < -0.3 is 15.4 Å². The number of amides is 1. The van der Waals surface area contributed by atoms with Crippen LogP contribution in [0.4, 0.5) is 0 Å². The molecule has 1 saturated heterocycles. The molecule has 1 aromatic rings. The Labute approximate surface area is 119 Å². The number of carbonyl (C=O) groups is 1. The number of rotatable bonds is 2. The predicted octanol–water partition coefficient (Wildman–Crippen LogP) is 1.03. The number of nitrogens with one attached hydrogen (secondary N) is 2. The smallest absolute Gasteiger partial charge is 0.237 e. The second-order valence-electron chi connectivity index (χ2n) is 4.98. The zero-order chi connectivity index (χ0) is 12.4. The average Bonchev–Trinajstić information content (AvgIpc) is 2.91. The molecule has 4 nitrogen and oxygen atoms in total. The van der Waals surface area contributed by atoms with E-state index in [1.165, 1.54) is 11.1 Å². The molecule has 19 heavy (non-hydrogen) atoms. The molecule has 0 aliphatic carbocycles. The van der Waals surface area contributed by atoms with Crippen molar-refractivity contribution in [1.29, 1.82) is 0 Å². The largest absolute Gasteiger partial charge is 0.379 e. The van der Waals surface area contributed by atoms with Crippen LogP contribution in [0.25, 0.3) is 0 Å². The summed E-state index contributed by atoms with van der Waals surface area (Å²) >= 11 is 0. The molecule has 0 spiro atoms. The fourth-order valence-corrected chi connectivity index (χ4v) is 2.59. The van der Waals surface area contributed by atoms with Crippen molar-refractivity contribution in [3.05, 3.63) is 35.4 Å². The fourth-order valence-electron chi connectivity index (χ4n) is 2.59. The van der Waals surface area contributed by atoms with Crippen LogP contribution in [0.1, 0.15) is 17.5 Å². The van der Waals surface area contributed by atoms with Crippen LogP contribution in [-0.2, 0) is 22.5 Å². The standard InChI is InChI=1S/C14H18N2O2.ClH/c17-14(16-12-5-6-18-9-12)13-7-10-3-1-2-4-11(10)8-15-13;/h1-4,12-13,15H,5-9H2,(H,16,17);1H. The molecule has 0 radical (unpaired) electrons. The third kappa shape index (κ3) is 3.26. The molecule has 1 fully saturated rings. The molecule has 2 aliphatic heterocycles. The Morgan fingerprint density at radius 2 is 2.11 bits per heavy atom. The molecular weight excluding hydrogens is 264 g/mol. The average molecular weight is 283 g/mol. The van der Waals surface area contributed by atoms with Crippen LogP contribution in [0.5, 0.6) is 0 Å². The molecule has 1 amide bonds. The van der Waals surface area contributed by atoms with E-state index >= 15 is 0 Å². The lowest BCUT2D eigenvalue weighted by Crippen LogP contribution is -2.50. The first-order valence-corrected chi connectivity index (χ1v) is 6.51.